The zero-order valence-corrected chi connectivity index (χ0v) is 23.1. The van der Waals surface area contributed by atoms with E-state index in [9.17, 15) is 24.3 Å². The Morgan fingerprint density at radius 2 is 1.76 bits per heavy atom. The molecule has 2 aliphatic heterocycles. The molecule has 0 aromatic carbocycles. The summed E-state index contributed by atoms with van der Waals surface area (Å²) in [6, 6.07) is 0. The molecule has 2 fully saturated rings. The van der Waals surface area contributed by atoms with E-state index in [0.29, 0.717) is 19.3 Å². The van der Waals surface area contributed by atoms with E-state index in [1.807, 2.05) is 13.8 Å². The van der Waals surface area contributed by atoms with E-state index in [4.69, 9.17) is 23.7 Å². The number of allylic oxidation sites excluding steroid dienone is 1. The van der Waals surface area contributed by atoms with Gasteiger partial charge < -0.3 is 28.8 Å². The Labute approximate surface area is 222 Å². The first kappa shape index (κ1) is 28.3. The molecule has 0 unspecified atom stereocenters. The smallest absolute Gasteiger partial charge is 0.342 e. The molecule has 0 radical (unpaired) electrons. The van der Waals surface area contributed by atoms with Crippen molar-refractivity contribution in [2.24, 2.45) is 11.3 Å². The van der Waals surface area contributed by atoms with Crippen molar-refractivity contribution in [1.82, 2.24) is 0 Å². The van der Waals surface area contributed by atoms with E-state index in [1.165, 1.54) is 20.8 Å². The largest absolute Gasteiger partial charge is 0.462 e. The highest BCUT2D eigenvalue weighted by Gasteiger charge is 2.87. The van der Waals surface area contributed by atoms with Crippen LogP contribution in [-0.4, -0.2) is 70.2 Å². The van der Waals surface area contributed by atoms with Crippen molar-refractivity contribution in [2.75, 3.05) is 0 Å². The van der Waals surface area contributed by atoms with Crippen LogP contribution in [0, 0.1) is 11.3 Å². The summed E-state index contributed by atoms with van der Waals surface area (Å²) < 4.78 is 29.4. The fourth-order valence-corrected chi connectivity index (χ4v) is 6.69. The summed E-state index contributed by atoms with van der Waals surface area (Å²) in [7, 11) is 0. The van der Waals surface area contributed by atoms with Gasteiger partial charge in [0.1, 0.15) is 23.9 Å². The monoisotopic (exact) mass is 534 g/mol. The lowest BCUT2D eigenvalue weighted by atomic mass is 9.55. The van der Waals surface area contributed by atoms with Crippen LogP contribution in [0.1, 0.15) is 74.1 Å². The molecule has 2 aliphatic carbocycles. The van der Waals surface area contributed by atoms with E-state index in [1.54, 1.807) is 32.1 Å². The lowest BCUT2D eigenvalue weighted by molar-refractivity contribution is -0.219. The number of carbonyl (C=O) groups is 4. The maximum absolute atomic E-state index is 13.0. The van der Waals surface area contributed by atoms with Crippen molar-refractivity contribution in [3.63, 3.8) is 0 Å². The number of fused-ring (bicyclic) bond motifs is 1. The molecule has 210 valence electrons. The van der Waals surface area contributed by atoms with Gasteiger partial charge in [0.05, 0.1) is 0 Å². The third-order valence-corrected chi connectivity index (χ3v) is 8.60. The van der Waals surface area contributed by atoms with Crippen molar-refractivity contribution in [3.05, 3.63) is 23.8 Å². The normalized spacial score (nSPS) is 44.8. The molecule has 0 saturated carbocycles. The van der Waals surface area contributed by atoms with Gasteiger partial charge in [-0.05, 0) is 52.2 Å². The highest BCUT2D eigenvalue weighted by Crippen LogP contribution is 2.65. The van der Waals surface area contributed by atoms with Gasteiger partial charge in [-0.3, -0.25) is 14.4 Å². The molecule has 0 bridgehead atoms. The van der Waals surface area contributed by atoms with Crippen LogP contribution in [0.15, 0.2) is 23.8 Å². The zero-order chi connectivity index (χ0) is 28.3. The number of ether oxygens (including phenoxy) is 5. The van der Waals surface area contributed by atoms with Gasteiger partial charge in [-0.25, -0.2) is 4.79 Å². The number of carbonyl (C=O) groups excluding carboxylic acids is 4. The maximum atomic E-state index is 13.0. The van der Waals surface area contributed by atoms with Crippen molar-refractivity contribution >= 4 is 23.9 Å². The van der Waals surface area contributed by atoms with Gasteiger partial charge in [-0.1, -0.05) is 25.5 Å². The average molecular weight is 535 g/mol. The third-order valence-electron chi connectivity index (χ3n) is 8.60. The van der Waals surface area contributed by atoms with Gasteiger partial charge in [0.25, 0.3) is 0 Å². The van der Waals surface area contributed by atoms with E-state index in [0.717, 1.165) is 5.57 Å². The van der Waals surface area contributed by atoms with Crippen LogP contribution < -0.4 is 0 Å². The maximum Gasteiger partial charge on any atom is 0.342 e. The van der Waals surface area contributed by atoms with Crippen LogP contribution in [0.5, 0.6) is 0 Å². The molecule has 38 heavy (non-hydrogen) atoms. The van der Waals surface area contributed by atoms with Crippen LogP contribution >= 0.6 is 0 Å². The molecular formula is C28H38O10. The molecule has 10 heteroatoms. The first-order chi connectivity index (χ1) is 17.6. The van der Waals surface area contributed by atoms with Crippen LogP contribution in [0.4, 0.5) is 0 Å². The SMILES string of the molecule is CCCC(=O)O[C@@H]1C=C[C@]2(C)[C@H](OC(C)=O)CC/C(C)=C\[C@@H]3OC(=O)[C@@]4(C)O[C@]34[C@H](OC(C)=O)[C@H]2[C@@]1(C)O. The quantitative estimate of drug-likeness (QED) is 0.242. The minimum absolute atomic E-state index is 0.158. The van der Waals surface area contributed by atoms with Gasteiger partial charge in [-0.15, -0.1) is 0 Å². The molecule has 1 N–H and O–H groups in total. The molecule has 0 amide bonds. The molecule has 10 nitrogen and oxygen atoms in total. The van der Waals surface area contributed by atoms with Crippen molar-refractivity contribution in [2.45, 2.75) is 115 Å². The standard InChI is InChI=1S/C28H38O10/c1-8-9-21(31)36-19-12-13-25(5)18(34-16(3)29)11-10-15(2)14-20-28(27(7,38-28)24(32)37-20)23(35-17(4)30)22(25)26(19,6)33/h12-14,18-20,22-23,33H,8-11H2,1-7H3/b15-14-/t18-,19-,20+,22-,23-,25-,26+,27-,28+/m1/s1. The number of hydrogen-bond acceptors (Lipinski definition) is 10. The van der Waals surface area contributed by atoms with Crippen LogP contribution in [0.3, 0.4) is 0 Å². The second-order valence-electron chi connectivity index (χ2n) is 11.5. The van der Waals surface area contributed by atoms with Gasteiger partial charge in [0, 0.05) is 31.6 Å². The average Bonchev–Trinajstić information content (AvgIpc) is 3.38. The molecule has 2 heterocycles. The van der Waals surface area contributed by atoms with Gasteiger partial charge in [0.2, 0.25) is 0 Å². The van der Waals surface area contributed by atoms with E-state index in [-0.39, 0.29) is 6.42 Å². The third kappa shape index (κ3) is 4.25. The number of esters is 4. The van der Waals surface area contributed by atoms with Gasteiger partial charge >= 0.3 is 23.9 Å². The van der Waals surface area contributed by atoms with Gasteiger partial charge in [-0.2, -0.15) is 0 Å². The first-order valence-electron chi connectivity index (χ1n) is 13.2. The molecule has 4 aliphatic rings. The fraction of sp³-hybridized carbons (Fsp3) is 0.714. The van der Waals surface area contributed by atoms with Crippen LogP contribution in [0.25, 0.3) is 0 Å². The molecule has 9 atom stereocenters. The van der Waals surface area contributed by atoms with E-state index >= 15 is 0 Å². The topological polar surface area (TPSA) is 138 Å². The Kier molecular flexibility index (Phi) is 7.06. The van der Waals surface area contributed by atoms with Gasteiger partial charge in [0.15, 0.2) is 17.3 Å². The molecule has 4 rings (SSSR count). The van der Waals surface area contributed by atoms with Crippen molar-refractivity contribution in [3.8, 4) is 0 Å². The van der Waals surface area contributed by atoms with E-state index < -0.39 is 76.4 Å². The predicted molar refractivity (Wildman–Crippen MR) is 132 cm³/mol. The lowest BCUT2D eigenvalue weighted by Crippen LogP contribution is -2.67. The summed E-state index contributed by atoms with van der Waals surface area (Å²) in [5.74, 6) is -3.30. The Morgan fingerprint density at radius 1 is 1.11 bits per heavy atom. The summed E-state index contributed by atoms with van der Waals surface area (Å²) in [6.07, 6.45) is 2.75. The Bertz CT molecular complexity index is 1090. The van der Waals surface area contributed by atoms with E-state index in [2.05, 4.69) is 0 Å². The molecule has 0 aromatic rings. The predicted octanol–water partition coefficient (Wildman–Crippen LogP) is 2.70. The second-order valence-corrected chi connectivity index (χ2v) is 11.5. The minimum Gasteiger partial charge on any atom is -0.462 e. The molecule has 1 spiro atoms. The molecule has 2 saturated heterocycles. The summed E-state index contributed by atoms with van der Waals surface area (Å²) in [4.78, 5) is 50.3. The first-order valence-corrected chi connectivity index (χ1v) is 13.2. The summed E-state index contributed by atoms with van der Waals surface area (Å²) in [6.45, 7) is 11.1. The number of rotatable bonds is 5. The zero-order valence-electron chi connectivity index (χ0n) is 23.1. The highest BCUT2D eigenvalue weighted by atomic mass is 16.7. The van der Waals surface area contributed by atoms with Crippen LogP contribution in [-0.2, 0) is 42.9 Å². The van der Waals surface area contributed by atoms with Crippen LogP contribution in [0.2, 0.25) is 0 Å². The highest BCUT2D eigenvalue weighted by molar-refractivity contribution is 5.89. The fourth-order valence-electron chi connectivity index (χ4n) is 6.69. The summed E-state index contributed by atoms with van der Waals surface area (Å²) >= 11 is 0. The number of epoxide rings is 1. The summed E-state index contributed by atoms with van der Waals surface area (Å²) in [5.41, 5.74) is -4.97. The number of aliphatic hydroxyl groups is 1. The minimum atomic E-state index is -1.83. The van der Waals surface area contributed by atoms with Crippen molar-refractivity contribution in [1.29, 1.82) is 0 Å². The molecular weight excluding hydrogens is 496 g/mol. The Balaban J connectivity index is 1.95. The van der Waals surface area contributed by atoms with Crippen molar-refractivity contribution < 1.29 is 48.0 Å². The molecule has 0 aromatic heterocycles. The lowest BCUT2D eigenvalue weighted by Gasteiger charge is -2.55. The Morgan fingerprint density at radius 3 is 2.34 bits per heavy atom. The Hall–Kier alpha value is -2.72. The second kappa shape index (κ2) is 9.48. The number of hydrogen-bond donors (Lipinski definition) is 1. The summed E-state index contributed by atoms with van der Waals surface area (Å²) in [5, 5.41) is 12.2.